The topological polar surface area (TPSA) is 117 Å². The van der Waals surface area contributed by atoms with E-state index in [1.54, 1.807) is 24.3 Å². The third-order valence-electron chi connectivity index (χ3n) is 6.79. The van der Waals surface area contributed by atoms with Gasteiger partial charge in [0.05, 0.1) is 29.8 Å². The molecule has 1 aliphatic carbocycles. The minimum Gasteiger partial charge on any atom is -0.481 e. The van der Waals surface area contributed by atoms with E-state index in [1.165, 1.54) is 17.7 Å². The molecule has 1 aromatic heterocycles. The smallest absolute Gasteiger partial charge is 0.305 e. The van der Waals surface area contributed by atoms with Gasteiger partial charge in [0.25, 0.3) is 0 Å². The number of pyridine rings is 1. The zero-order valence-electron chi connectivity index (χ0n) is 22.5. The Morgan fingerprint density at radius 1 is 1.02 bits per heavy atom. The van der Waals surface area contributed by atoms with Crippen LogP contribution in [-0.2, 0) is 4.79 Å². The Balaban J connectivity index is 0.000000350. The molecule has 40 heavy (non-hydrogen) atoms. The van der Waals surface area contributed by atoms with Crippen LogP contribution in [0.4, 0.5) is 4.39 Å². The number of halogens is 1. The molecule has 0 spiro atoms. The summed E-state index contributed by atoms with van der Waals surface area (Å²) in [5.41, 5.74) is 11.2. The fourth-order valence-corrected chi connectivity index (χ4v) is 4.62. The van der Waals surface area contributed by atoms with Crippen molar-refractivity contribution in [2.75, 3.05) is 0 Å². The second kappa shape index (κ2) is 13.4. The average molecular weight is 543 g/mol. The number of hydrogen-bond acceptors (Lipinski definition) is 5. The number of para-hydroxylation sites is 1. The van der Waals surface area contributed by atoms with Gasteiger partial charge in [-0.3, -0.25) is 9.78 Å². The van der Waals surface area contributed by atoms with Crippen molar-refractivity contribution in [2.24, 2.45) is 5.73 Å². The summed E-state index contributed by atoms with van der Waals surface area (Å²) in [6.45, 7) is 1.98. The number of aliphatic carboxylic acids is 1. The lowest BCUT2D eigenvalue weighted by atomic mass is 9.92. The number of rotatable bonds is 9. The second-order valence-corrected chi connectivity index (χ2v) is 10.2. The maximum atomic E-state index is 13.6. The molecule has 208 valence electrons. The van der Waals surface area contributed by atoms with Crippen molar-refractivity contribution in [2.45, 2.75) is 56.8 Å². The van der Waals surface area contributed by atoms with Crippen LogP contribution >= 0.6 is 0 Å². The molecule has 3 aromatic carbocycles. The van der Waals surface area contributed by atoms with Gasteiger partial charge in [-0.1, -0.05) is 72.8 Å². The lowest BCUT2D eigenvalue weighted by Gasteiger charge is -2.16. The number of aromatic nitrogens is 1. The molecule has 1 heterocycles. The van der Waals surface area contributed by atoms with Crippen LogP contribution in [0, 0.1) is 5.82 Å². The van der Waals surface area contributed by atoms with Crippen LogP contribution in [0.2, 0.25) is 0 Å². The molecule has 3 atom stereocenters. The zero-order valence-corrected chi connectivity index (χ0v) is 22.5. The molecule has 0 aliphatic heterocycles. The van der Waals surface area contributed by atoms with E-state index < -0.39 is 24.6 Å². The molecule has 5 rings (SSSR count). The Bertz CT molecular complexity index is 1450. The molecule has 1 aliphatic rings. The first-order chi connectivity index (χ1) is 19.2. The molecule has 7 heteroatoms. The van der Waals surface area contributed by atoms with Crippen LogP contribution in [0.25, 0.3) is 28.1 Å². The third kappa shape index (κ3) is 7.82. The number of benzene rings is 3. The van der Waals surface area contributed by atoms with Crippen LogP contribution in [0.3, 0.4) is 0 Å². The standard InChI is InChI=1S/C25H24FNO4.C8H11N/c26-17-9-7-15(8-10-17)24-20-3-1-2-4-22(20)27-25(16-5-6-16)21(24)12-11-18(28)13-19(29)14-23(30)31;1-7(9)8-5-3-2-4-6-8/h1-4,7-12,16,18-19,28-29H,5-6,13-14H2,(H,30,31);2-7H,9H2,1H3/t18-,19-;7-/m11/s1. The highest BCUT2D eigenvalue weighted by atomic mass is 19.1. The van der Waals surface area contributed by atoms with E-state index in [9.17, 15) is 19.4 Å². The summed E-state index contributed by atoms with van der Waals surface area (Å²) in [5.74, 6) is -1.10. The van der Waals surface area contributed by atoms with Crippen molar-refractivity contribution in [1.29, 1.82) is 0 Å². The van der Waals surface area contributed by atoms with Gasteiger partial charge in [0.15, 0.2) is 0 Å². The molecule has 0 radical (unpaired) electrons. The predicted molar refractivity (Wildman–Crippen MR) is 156 cm³/mol. The van der Waals surface area contributed by atoms with E-state index in [1.807, 2.05) is 61.5 Å². The quantitative estimate of drug-likeness (QED) is 0.199. The highest BCUT2D eigenvalue weighted by Crippen LogP contribution is 2.45. The number of nitrogens with zero attached hydrogens (tertiary/aromatic N) is 1. The van der Waals surface area contributed by atoms with Gasteiger partial charge in [0.2, 0.25) is 0 Å². The van der Waals surface area contributed by atoms with Gasteiger partial charge in [-0.05, 0) is 49.1 Å². The first-order valence-electron chi connectivity index (χ1n) is 13.5. The summed E-state index contributed by atoms with van der Waals surface area (Å²) < 4.78 is 13.6. The summed E-state index contributed by atoms with van der Waals surface area (Å²) >= 11 is 0. The van der Waals surface area contributed by atoms with Crippen LogP contribution in [0.1, 0.15) is 61.4 Å². The first kappa shape index (κ1) is 29.1. The van der Waals surface area contributed by atoms with E-state index in [0.29, 0.717) is 5.92 Å². The Labute approximate surface area is 233 Å². The summed E-state index contributed by atoms with van der Waals surface area (Å²) in [5, 5.41) is 29.9. The van der Waals surface area contributed by atoms with Gasteiger partial charge in [0.1, 0.15) is 5.82 Å². The highest BCUT2D eigenvalue weighted by molar-refractivity contribution is 5.99. The van der Waals surface area contributed by atoms with E-state index in [4.69, 9.17) is 15.8 Å². The Kier molecular flexibility index (Phi) is 9.77. The molecule has 0 unspecified atom stereocenters. The normalized spacial score (nSPS) is 15.3. The Morgan fingerprint density at radius 3 is 2.27 bits per heavy atom. The van der Waals surface area contributed by atoms with Crippen molar-refractivity contribution < 1.29 is 24.5 Å². The van der Waals surface area contributed by atoms with Crippen molar-refractivity contribution in [3.8, 4) is 11.1 Å². The molecular weight excluding hydrogens is 507 g/mol. The number of carbonyl (C=O) groups is 1. The SMILES string of the molecule is C[C@@H](N)c1ccccc1.O=C(O)C[C@H](O)C[C@H](O)C=Cc1c(C2CC2)nc2ccccc2c1-c1ccc(F)cc1. The molecule has 4 aromatic rings. The maximum Gasteiger partial charge on any atom is 0.305 e. The lowest BCUT2D eigenvalue weighted by Crippen LogP contribution is -2.19. The van der Waals surface area contributed by atoms with E-state index >= 15 is 0 Å². The highest BCUT2D eigenvalue weighted by Gasteiger charge is 2.29. The van der Waals surface area contributed by atoms with Crippen molar-refractivity contribution in [1.82, 2.24) is 4.98 Å². The van der Waals surface area contributed by atoms with Gasteiger partial charge in [-0.2, -0.15) is 0 Å². The van der Waals surface area contributed by atoms with Crippen molar-refractivity contribution >= 4 is 22.9 Å². The van der Waals surface area contributed by atoms with Gasteiger partial charge in [-0.25, -0.2) is 4.39 Å². The van der Waals surface area contributed by atoms with Gasteiger partial charge >= 0.3 is 5.97 Å². The lowest BCUT2D eigenvalue weighted by molar-refractivity contribution is -0.139. The second-order valence-electron chi connectivity index (χ2n) is 10.2. The predicted octanol–water partition coefficient (Wildman–Crippen LogP) is 6.22. The summed E-state index contributed by atoms with van der Waals surface area (Å²) in [4.78, 5) is 15.6. The van der Waals surface area contributed by atoms with E-state index in [2.05, 4.69) is 0 Å². The molecule has 1 saturated carbocycles. The minimum absolute atomic E-state index is 0.0749. The van der Waals surface area contributed by atoms with E-state index in [-0.39, 0.29) is 18.3 Å². The number of aliphatic hydroxyl groups excluding tert-OH is 2. The Hall–Kier alpha value is -3.91. The van der Waals surface area contributed by atoms with Crippen LogP contribution in [0.15, 0.2) is 84.9 Å². The van der Waals surface area contributed by atoms with Crippen molar-refractivity contribution in [3.63, 3.8) is 0 Å². The molecule has 0 bridgehead atoms. The average Bonchev–Trinajstić information content (AvgIpc) is 3.78. The molecule has 5 N–H and O–H groups in total. The third-order valence-corrected chi connectivity index (χ3v) is 6.79. The molecular formula is C33H35FN2O4. The number of fused-ring (bicyclic) bond motifs is 1. The fourth-order valence-electron chi connectivity index (χ4n) is 4.62. The molecule has 0 amide bonds. The number of hydrogen-bond donors (Lipinski definition) is 4. The Morgan fingerprint density at radius 2 is 1.68 bits per heavy atom. The first-order valence-corrected chi connectivity index (χ1v) is 13.5. The zero-order chi connectivity index (χ0) is 28.6. The van der Waals surface area contributed by atoms with Gasteiger partial charge in [0, 0.05) is 34.9 Å². The largest absolute Gasteiger partial charge is 0.481 e. The van der Waals surface area contributed by atoms with Crippen LogP contribution < -0.4 is 5.73 Å². The molecule has 6 nitrogen and oxygen atoms in total. The van der Waals surface area contributed by atoms with E-state index in [0.717, 1.165) is 46.1 Å². The monoisotopic (exact) mass is 542 g/mol. The summed E-state index contributed by atoms with van der Waals surface area (Å²) in [7, 11) is 0. The summed E-state index contributed by atoms with van der Waals surface area (Å²) in [6, 6.07) is 24.3. The maximum absolute atomic E-state index is 13.6. The van der Waals surface area contributed by atoms with Crippen molar-refractivity contribution in [3.05, 3.63) is 108 Å². The number of nitrogens with two attached hydrogens (primary N) is 1. The number of aliphatic hydroxyl groups is 2. The van der Waals surface area contributed by atoms with Gasteiger partial charge in [-0.15, -0.1) is 0 Å². The van der Waals surface area contributed by atoms with Crippen LogP contribution in [0.5, 0.6) is 0 Å². The van der Waals surface area contributed by atoms with Crippen LogP contribution in [-0.4, -0.2) is 38.5 Å². The summed E-state index contributed by atoms with van der Waals surface area (Å²) in [6.07, 6.45) is 2.80. The van der Waals surface area contributed by atoms with Gasteiger partial charge < -0.3 is 21.1 Å². The number of carboxylic acids is 1. The molecule has 1 fully saturated rings. The fraction of sp³-hybridized carbons (Fsp3) is 0.273. The minimum atomic E-state index is -1.13. The molecule has 0 saturated heterocycles. The number of carboxylic acid groups (broad SMARTS) is 1.